The molecule has 0 spiro atoms. The van der Waals surface area contributed by atoms with Crippen LogP contribution in [0.4, 0.5) is 4.79 Å². The van der Waals surface area contributed by atoms with Crippen molar-refractivity contribution in [2.24, 2.45) is 0 Å². The molecule has 0 atom stereocenters. The maximum Gasteiger partial charge on any atom is 0.413 e. The van der Waals surface area contributed by atoms with E-state index in [1.54, 1.807) is 31.2 Å². The first-order valence-corrected chi connectivity index (χ1v) is 4.60. The molecule has 1 aromatic carbocycles. The predicted octanol–water partition coefficient (Wildman–Crippen LogP) is 2.26. The Morgan fingerprint density at radius 1 is 1.67 bits per heavy atom. The van der Waals surface area contributed by atoms with Crippen molar-refractivity contribution in [3.05, 3.63) is 28.8 Å². The Balaban J connectivity index is 2.65. The van der Waals surface area contributed by atoms with Gasteiger partial charge in [-0.05, 0) is 30.7 Å². The molecule has 0 fully saturated rings. The molecular weight excluding hydrogens is 216 g/mol. The molecule has 4 nitrogen and oxygen atoms in total. The van der Waals surface area contributed by atoms with Crippen molar-refractivity contribution in [3.8, 4) is 11.8 Å². The molecule has 1 rings (SSSR count). The number of nitriles is 1. The number of halogens is 1. The lowest BCUT2D eigenvalue weighted by atomic mass is 10.2. The van der Waals surface area contributed by atoms with Gasteiger partial charge in [-0.1, -0.05) is 11.6 Å². The van der Waals surface area contributed by atoms with Gasteiger partial charge in [-0.15, -0.1) is 0 Å². The van der Waals surface area contributed by atoms with Crippen LogP contribution < -0.4 is 10.1 Å². The smallest absolute Gasteiger partial charge is 0.410 e. The number of ether oxygens (including phenoxy) is 1. The summed E-state index contributed by atoms with van der Waals surface area (Å²) < 4.78 is 4.94. The van der Waals surface area contributed by atoms with Crippen molar-refractivity contribution in [2.45, 2.75) is 6.92 Å². The van der Waals surface area contributed by atoms with Crippen LogP contribution >= 0.6 is 11.6 Å². The number of nitrogens with one attached hydrogen (secondary N) is 1. The summed E-state index contributed by atoms with van der Waals surface area (Å²) in [5.74, 6) is 0.426. The minimum absolute atomic E-state index is 0.0779. The fourth-order valence-electron chi connectivity index (χ4n) is 0.975. The highest BCUT2D eigenvalue weighted by atomic mass is 35.5. The molecule has 0 radical (unpaired) electrons. The average Bonchev–Trinajstić information content (AvgIpc) is 2.19. The third-order valence-electron chi connectivity index (χ3n) is 1.65. The van der Waals surface area contributed by atoms with Gasteiger partial charge in [-0.2, -0.15) is 5.26 Å². The second-order valence-corrected chi connectivity index (χ2v) is 3.25. The van der Waals surface area contributed by atoms with Gasteiger partial charge in [-0.3, -0.25) is 0 Å². The second-order valence-electron chi connectivity index (χ2n) is 2.81. The molecule has 0 saturated carbocycles. The molecule has 0 heterocycles. The van der Waals surface area contributed by atoms with E-state index in [1.165, 1.54) is 0 Å². The topological polar surface area (TPSA) is 62.1 Å². The van der Waals surface area contributed by atoms with Crippen LogP contribution in [-0.4, -0.2) is 12.6 Å². The van der Waals surface area contributed by atoms with Gasteiger partial charge in [-0.25, -0.2) is 4.79 Å². The SMILES string of the molecule is Cc1cc(Cl)ccc1OC(=O)NCC#N. The fraction of sp³-hybridized carbons (Fsp3) is 0.200. The van der Waals surface area contributed by atoms with Crippen molar-refractivity contribution < 1.29 is 9.53 Å². The van der Waals surface area contributed by atoms with Gasteiger partial charge in [0.05, 0.1) is 6.07 Å². The highest BCUT2D eigenvalue weighted by molar-refractivity contribution is 6.30. The van der Waals surface area contributed by atoms with Crippen molar-refractivity contribution >= 4 is 17.7 Å². The summed E-state index contributed by atoms with van der Waals surface area (Å²) in [4.78, 5) is 11.1. The van der Waals surface area contributed by atoms with Crippen LogP contribution in [0.1, 0.15) is 5.56 Å². The van der Waals surface area contributed by atoms with E-state index in [9.17, 15) is 4.79 Å². The van der Waals surface area contributed by atoms with E-state index in [1.807, 2.05) is 0 Å². The van der Waals surface area contributed by atoms with Gasteiger partial charge in [0.25, 0.3) is 0 Å². The van der Waals surface area contributed by atoms with Gasteiger partial charge in [0.1, 0.15) is 12.3 Å². The molecule has 0 aliphatic heterocycles. The number of hydrogen-bond donors (Lipinski definition) is 1. The third kappa shape index (κ3) is 3.49. The molecule has 78 valence electrons. The minimum Gasteiger partial charge on any atom is -0.410 e. The van der Waals surface area contributed by atoms with Crippen LogP contribution in [0.2, 0.25) is 5.02 Å². The normalized spacial score (nSPS) is 9.13. The lowest BCUT2D eigenvalue weighted by molar-refractivity contribution is 0.201. The number of amides is 1. The van der Waals surface area contributed by atoms with Crippen LogP contribution in [0.3, 0.4) is 0 Å². The first-order chi connectivity index (χ1) is 7.13. The molecule has 0 bridgehead atoms. The molecule has 1 N–H and O–H groups in total. The number of carbonyl (C=O) groups excluding carboxylic acids is 1. The van der Waals surface area contributed by atoms with Crippen LogP contribution in [-0.2, 0) is 0 Å². The van der Waals surface area contributed by atoms with Crippen LogP contribution in [0.15, 0.2) is 18.2 Å². The van der Waals surface area contributed by atoms with E-state index in [4.69, 9.17) is 21.6 Å². The molecule has 1 aromatic rings. The Morgan fingerprint density at radius 3 is 3.00 bits per heavy atom. The minimum atomic E-state index is -0.651. The highest BCUT2D eigenvalue weighted by Crippen LogP contribution is 2.21. The molecular formula is C10H9ClN2O2. The van der Waals surface area contributed by atoms with Gasteiger partial charge < -0.3 is 10.1 Å². The molecule has 0 aliphatic carbocycles. The van der Waals surface area contributed by atoms with E-state index < -0.39 is 6.09 Å². The molecule has 0 aromatic heterocycles. The number of rotatable bonds is 2. The molecule has 0 unspecified atom stereocenters. The van der Waals surface area contributed by atoms with Crippen molar-refractivity contribution in [2.75, 3.05) is 6.54 Å². The number of benzene rings is 1. The molecule has 0 aliphatic rings. The molecule has 1 amide bonds. The first kappa shape index (κ1) is 11.3. The van der Waals surface area contributed by atoms with E-state index >= 15 is 0 Å². The zero-order valence-corrected chi connectivity index (χ0v) is 8.84. The largest absolute Gasteiger partial charge is 0.413 e. The molecule has 5 heteroatoms. The van der Waals surface area contributed by atoms with Gasteiger partial charge >= 0.3 is 6.09 Å². The van der Waals surface area contributed by atoms with Crippen molar-refractivity contribution in [1.82, 2.24) is 5.32 Å². The van der Waals surface area contributed by atoms with Crippen LogP contribution in [0.5, 0.6) is 5.75 Å². The van der Waals surface area contributed by atoms with Crippen LogP contribution in [0.25, 0.3) is 0 Å². The third-order valence-corrected chi connectivity index (χ3v) is 1.89. The summed E-state index contributed by atoms with van der Waals surface area (Å²) in [5, 5.41) is 11.1. The zero-order valence-electron chi connectivity index (χ0n) is 8.08. The maximum absolute atomic E-state index is 11.1. The first-order valence-electron chi connectivity index (χ1n) is 4.22. The van der Waals surface area contributed by atoms with E-state index in [2.05, 4.69) is 5.32 Å². The van der Waals surface area contributed by atoms with Gasteiger partial charge in [0, 0.05) is 5.02 Å². The van der Waals surface area contributed by atoms with E-state index in [-0.39, 0.29) is 6.54 Å². The number of carbonyl (C=O) groups is 1. The predicted molar refractivity (Wildman–Crippen MR) is 55.8 cm³/mol. The monoisotopic (exact) mass is 224 g/mol. The lowest BCUT2D eigenvalue weighted by Crippen LogP contribution is -2.27. The Bertz CT molecular complexity index is 412. The maximum atomic E-state index is 11.1. The quantitative estimate of drug-likeness (QED) is 0.784. The Hall–Kier alpha value is -1.73. The molecule has 15 heavy (non-hydrogen) atoms. The summed E-state index contributed by atoms with van der Waals surface area (Å²) in [7, 11) is 0. The summed E-state index contributed by atoms with van der Waals surface area (Å²) in [6, 6.07) is 6.69. The van der Waals surface area contributed by atoms with Crippen molar-refractivity contribution in [1.29, 1.82) is 5.26 Å². The summed E-state index contributed by atoms with van der Waals surface area (Å²) in [6.07, 6.45) is -0.651. The summed E-state index contributed by atoms with van der Waals surface area (Å²) >= 11 is 5.74. The van der Waals surface area contributed by atoms with Gasteiger partial charge in [0.2, 0.25) is 0 Å². The standard InChI is InChI=1S/C10H9ClN2O2/c1-7-6-8(11)2-3-9(7)15-10(14)13-5-4-12/h2-3,6H,5H2,1H3,(H,13,14). The fourth-order valence-corrected chi connectivity index (χ4v) is 1.20. The second kappa shape index (κ2) is 5.23. The highest BCUT2D eigenvalue weighted by Gasteiger charge is 2.06. The Kier molecular flexibility index (Phi) is 3.95. The number of nitrogens with zero attached hydrogens (tertiary/aromatic N) is 1. The van der Waals surface area contributed by atoms with Crippen LogP contribution in [0, 0.1) is 18.3 Å². The lowest BCUT2D eigenvalue weighted by Gasteiger charge is -2.06. The van der Waals surface area contributed by atoms with E-state index in [0.717, 1.165) is 5.56 Å². The zero-order chi connectivity index (χ0) is 11.3. The average molecular weight is 225 g/mol. The number of hydrogen-bond acceptors (Lipinski definition) is 3. The van der Waals surface area contributed by atoms with Crippen molar-refractivity contribution in [3.63, 3.8) is 0 Å². The summed E-state index contributed by atoms with van der Waals surface area (Å²) in [5.41, 5.74) is 0.759. The number of aryl methyl sites for hydroxylation is 1. The Morgan fingerprint density at radius 2 is 2.40 bits per heavy atom. The summed E-state index contributed by atoms with van der Waals surface area (Å²) in [6.45, 7) is 1.70. The molecule has 0 saturated heterocycles. The van der Waals surface area contributed by atoms with Gasteiger partial charge in [0.15, 0.2) is 0 Å². The van der Waals surface area contributed by atoms with E-state index in [0.29, 0.717) is 10.8 Å². The Labute approximate surface area is 92.4 Å².